The highest BCUT2D eigenvalue weighted by Gasteiger charge is 2.09. The second-order valence-electron chi connectivity index (χ2n) is 3.37. The molecule has 0 unspecified atom stereocenters. The average molecular weight is 328 g/mol. The van der Waals surface area contributed by atoms with Crippen LogP contribution in [0.25, 0.3) is 17.3 Å². The molecule has 0 fully saturated rings. The van der Waals surface area contributed by atoms with Crippen LogP contribution < -0.4 is 0 Å². The van der Waals surface area contributed by atoms with E-state index in [9.17, 15) is 9.18 Å². The van der Waals surface area contributed by atoms with Gasteiger partial charge in [0.25, 0.3) is 0 Å². The first-order valence-electron chi connectivity index (χ1n) is 4.88. The molecule has 6 heteroatoms. The van der Waals surface area contributed by atoms with E-state index in [4.69, 9.17) is 5.11 Å². The highest BCUT2D eigenvalue weighted by molar-refractivity contribution is 9.10. The lowest BCUT2D eigenvalue weighted by Crippen LogP contribution is -1.86. The van der Waals surface area contributed by atoms with E-state index in [0.29, 0.717) is 16.3 Å². The summed E-state index contributed by atoms with van der Waals surface area (Å²) in [5, 5.41) is 10.7. The van der Waals surface area contributed by atoms with Crippen LogP contribution in [0.3, 0.4) is 0 Å². The molecule has 0 bridgehead atoms. The number of carboxylic acid groups (broad SMARTS) is 1. The third-order valence-corrected chi connectivity index (χ3v) is 3.40. The minimum absolute atomic E-state index is 0.364. The topological polar surface area (TPSA) is 50.2 Å². The molecule has 1 heterocycles. The molecule has 0 aliphatic rings. The van der Waals surface area contributed by atoms with Crippen LogP contribution in [0.15, 0.2) is 34.1 Å². The molecule has 92 valence electrons. The number of aliphatic carboxylic acids is 1. The van der Waals surface area contributed by atoms with Gasteiger partial charge in [-0.2, -0.15) is 0 Å². The first-order chi connectivity index (χ1) is 8.56. The summed E-state index contributed by atoms with van der Waals surface area (Å²) in [4.78, 5) is 14.5. The fraction of sp³-hybridized carbons (Fsp3) is 0. The van der Waals surface area contributed by atoms with Gasteiger partial charge in [-0.15, -0.1) is 11.3 Å². The Morgan fingerprint density at radius 1 is 1.50 bits per heavy atom. The third-order valence-electron chi connectivity index (χ3n) is 2.09. The number of thiazole rings is 1. The van der Waals surface area contributed by atoms with Crippen LogP contribution in [0.2, 0.25) is 0 Å². The smallest absolute Gasteiger partial charge is 0.328 e. The summed E-state index contributed by atoms with van der Waals surface area (Å²) in [5.41, 5.74) is 0.874. The molecule has 0 aliphatic heterocycles. The molecule has 1 N–H and O–H groups in total. The summed E-state index contributed by atoms with van der Waals surface area (Å²) < 4.78 is 14.4. The van der Waals surface area contributed by atoms with Crippen molar-refractivity contribution < 1.29 is 14.3 Å². The first kappa shape index (κ1) is 12.9. The van der Waals surface area contributed by atoms with Gasteiger partial charge in [0, 0.05) is 21.5 Å². The average Bonchev–Trinajstić information content (AvgIpc) is 2.78. The molecular formula is C12H7BrFNO2S. The maximum absolute atomic E-state index is 13.6. The molecule has 0 amide bonds. The fourth-order valence-corrected chi connectivity index (χ4v) is 2.40. The van der Waals surface area contributed by atoms with E-state index in [1.54, 1.807) is 17.5 Å². The summed E-state index contributed by atoms with van der Waals surface area (Å²) in [6.45, 7) is 0. The number of halogens is 2. The molecule has 1 aromatic carbocycles. The second-order valence-corrected chi connectivity index (χ2v) is 5.17. The highest BCUT2D eigenvalue weighted by Crippen LogP contribution is 2.27. The summed E-state index contributed by atoms with van der Waals surface area (Å²) >= 11 is 4.53. The lowest BCUT2D eigenvalue weighted by molar-refractivity contribution is -0.131. The Balaban J connectivity index is 2.35. The minimum atomic E-state index is -1.04. The number of nitrogens with zero attached hydrogens (tertiary/aromatic N) is 1. The molecule has 2 rings (SSSR count). The van der Waals surface area contributed by atoms with Gasteiger partial charge in [-0.25, -0.2) is 14.2 Å². The van der Waals surface area contributed by atoms with Gasteiger partial charge in [0.1, 0.15) is 10.8 Å². The van der Waals surface area contributed by atoms with Gasteiger partial charge in [0.2, 0.25) is 0 Å². The van der Waals surface area contributed by atoms with E-state index in [-0.39, 0.29) is 5.82 Å². The van der Waals surface area contributed by atoms with E-state index in [1.807, 2.05) is 0 Å². The lowest BCUT2D eigenvalue weighted by Gasteiger charge is -1.99. The number of benzene rings is 1. The summed E-state index contributed by atoms with van der Waals surface area (Å²) in [7, 11) is 0. The molecule has 0 saturated heterocycles. The molecular weight excluding hydrogens is 321 g/mol. The Morgan fingerprint density at radius 2 is 2.28 bits per heavy atom. The van der Waals surface area contributed by atoms with Crippen LogP contribution in [0.4, 0.5) is 4.39 Å². The molecule has 0 aliphatic carbocycles. The van der Waals surface area contributed by atoms with Gasteiger partial charge in [-0.1, -0.05) is 15.9 Å². The van der Waals surface area contributed by atoms with Crippen molar-refractivity contribution in [2.24, 2.45) is 0 Å². The van der Waals surface area contributed by atoms with E-state index in [2.05, 4.69) is 20.9 Å². The van der Waals surface area contributed by atoms with Crippen molar-refractivity contribution in [1.82, 2.24) is 4.98 Å². The zero-order valence-corrected chi connectivity index (χ0v) is 11.3. The number of rotatable bonds is 3. The number of carbonyl (C=O) groups is 1. The summed E-state index contributed by atoms with van der Waals surface area (Å²) in [6, 6.07) is 4.59. The van der Waals surface area contributed by atoms with Crippen molar-refractivity contribution >= 4 is 39.3 Å². The maximum Gasteiger partial charge on any atom is 0.328 e. The van der Waals surface area contributed by atoms with E-state index in [0.717, 1.165) is 10.5 Å². The number of hydrogen-bond acceptors (Lipinski definition) is 3. The lowest BCUT2D eigenvalue weighted by atomic mass is 10.1. The zero-order chi connectivity index (χ0) is 13.1. The van der Waals surface area contributed by atoms with Gasteiger partial charge >= 0.3 is 5.97 Å². The van der Waals surface area contributed by atoms with Crippen LogP contribution >= 0.6 is 27.3 Å². The van der Waals surface area contributed by atoms with Crippen molar-refractivity contribution in [3.8, 4) is 11.3 Å². The van der Waals surface area contributed by atoms with Gasteiger partial charge in [-0.05, 0) is 24.3 Å². The standard InChI is InChI=1S/C12H7BrFNO2S/c13-7-1-2-9(14)8(5-7)10-6-18-11(15-10)3-4-12(16)17/h1-6H,(H,16,17)/b4-3+. The van der Waals surface area contributed by atoms with Crippen molar-refractivity contribution in [2.45, 2.75) is 0 Å². The van der Waals surface area contributed by atoms with Crippen molar-refractivity contribution in [3.63, 3.8) is 0 Å². The Labute approximate surface area is 115 Å². The monoisotopic (exact) mass is 327 g/mol. The number of aromatic nitrogens is 1. The van der Waals surface area contributed by atoms with Crippen LogP contribution in [0, 0.1) is 5.82 Å². The van der Waals surface area contributed by atoms with Gasteiger partial charge in [-0.3, -0.25) is 0 Å². The molecule has 0 atom stereocenters. The third kappa shape index (κ3) is 3.02. The van der Waals surface area contributed by atoms with Crippen LogP contribution in [0.1, 0.15) is 5.01 Å². The SMILES string of the molecule is O=C(O)/C=C/c1nc(-c2cc(Br)ccc2F)cs1. The minimum Gasteiger partial charge on any atom is -0.478 e. The van der Waals surface area contributed by atoms with E-state index < -0.39 is 5.97 Å². The maximum atomic E-state index is 13.6. The molecule has 2 aromatic rings. The first-order valence-corrected chi connectivity index (χ1v) is 6.55. The number of hydrogen-bond donors (Lipinski definition) is 1. The van der Waals surface area contributed by atoms with Gasteiger partial charge < -0.3 is 5.11 Å². The largest absolute Gasteiger partial charge is 0.478 e. The van der Waals surface area contributed by atoms with Gasteiger partial charge in [0.05, 0.1) is 5.69 Å². The van der Waals surface area contributed by atoms with Crippen molar-refractivity contribution in [1.29, 1.82) is 0 Å². The highest BCUT2D eigenvalue weighted by atomic mass is 79.9. The zero-order valence-electron chi connectivity index (χ0n) is 8.93. The molecule has 0 saturated carbocycles. The molecule has 1 aromatic heterocycles. The van der Waals surface area contributed by atoms with E-state index >= 15 is 0 Å². The van der Waals surface area contributed by atoms with Crippen molar-refractivity contribution in [3.05, 3.63) is 45.0 Å². The Kier molecular flexibility index (Phi) is 3.88. The number of carboxylic acids is 1. The predicted molar refractivity (Wildman–Crippen MR) is 71.9 cm³/mol. The fourth-order valence-electron chi connectivity index (χ4n) is 1.32. The summed E-state index contributed by atoms with van der Waals surface area (Å²) in [5.74, 6) is -1.40. The molecule has 0 radical (unpaired) electrons. The van der Waals surface area contributed by atoms with Crippen LogP contribution in [-0.2, 0) is 4.79 Å². The van der Waals surface area contributed by atoms with E-state index in [1.165, 1.54) is 23.5 Å². The van der Waals surface area contributed by atoms with Crippen LogP contribution in [0.5, 0.6) is 0 Å². The van der Waals surface area contributed by atoms with Gasteiger partial charge in [0.15, 0.2) is 0 Å². The quantitative estimate of drug-likeness (QED) is 0.872. The Bertz CT molecular complexity index is 624. The predicted octanol–water partition coefficient (Wildman–Crippen LogP) is 3.81. The van der Waals surface area contributed by atoms with Crippen molar-refractivity contribution in [2.75, 3.05) is 0 Å². The second kappa shape index (κ2) is 5.41. The normalized spacial score (nSPS) is 11.0. The molecule has 0 spiro atoms. The Morgan fingerprint density at radius 3 is 3.00 bits per heavy atom. The summed E-state index contributed by atoms with van der Waals surface area (Å²) in [6.07, 6.45) is 2.38. The Hall–Kier alpha value is -1.53. The molecule has 3 nitrogen and oxygen atoms in total. The van der Waals surface area contributed by atoms with Crippen LogP contribution in [-0.4, -0.2) is 16.1 Å². The molecule has 18 heavy (non-hydrogen) atoms.